The standard InChI is InChI=1S/C19H38N2O2/c1-17(2,3)21(16(22)23-18(4,5)6)14-13-20-15-9-11-19(7,8)12-10-15/h15,20H,9-14H2,1-8H3. The zero-order valence-corrected chi connectivity index (χ0v) is 16.6. The highest BCUT2D eigenvalue weighted by Crippen LogP contribution is 2.34. The summed E-state index contributed by atoms with van der Waals surface area (Å²) in [7, 11) is 0. The van der Waals surface area contributed by atoms with Crippen molar-refractivity contribution >= 4 is 6.09 Å². The normalized spacial score (nSPS) is 19.5. The van der Waals surface area contributed by atoms with Gasteiger partial charge in [-0.25, -0.2) is 4.79 Å². The second kappa shape index (κ2) is 7.42. The van der Waals surface area contributed by atoms with E-state index in [0.29, 0.717) is 18.0 Å². The highest BCUT2D eigenvalue weighted by atomic mass is 16.6. The van der Waals surface area contributed by atoms with Crippen LogP contribution in [0.15, 0.2) is 0 Å². The van der Waals surface area contributed by atoms with E-state index in [1.165, 1.54) is 25.7 Å². The Kier molecular flexibility index (Phi) is 6.54. The van der Waals surface area contributed by atoms with Gasteiger partial charge >= 0.3 is 6.09 Å². The minimum Gasteiger partial charge on any atom is -0.444 e. The Morgan fingerprint density at radius 2 is 1.65 bits per heavy atom. The fourth-order valence-corrected chi connectivity index (χ4v) is 3.00. The zero-order chi connectivity index (χ0) is 17.9. The molecule has 0 heterocycles. The van der Waals surface area contributed by atoms with Crippen LogP contribution >= 0.6 is 0 Å². The Morgan fingerprint density at radius 1 is 1.13 bits per heavy atom. The quantitative estimate of drug-likeness (QED) is 0.822. The van der Waals surface area contributed by atoms with Crippen molar-refractivity contribution in [2.75, 3.05) is 13.1 Å². The first-order valence-corrected chi connectivity index (χ1v) is 9.04. The average Bonchev–Trinajstić information content (AvgIpc) is 2.32. The predicted octanol–water partition coefficient (Wildman–Crippen LogP) is 4.58. The van der Waals surface area contributed by atoms with Gasteiger partial charge in [-0.2, -0.15) is 0 Å². The molecule has 1 N–H and O–H groups in total. The van der Waals surface area contributed by atoms with Crippen molar-refractivity contribution in [1.82, 2.24) is 10.2 Å². The fraction of sp³-hybridized carbons (Fsp3) is 0.947. The van der Waals surface area contributed by atoms with Gasteiger partial charge in [0.2, 0.25) is 0 Å². The topological polar surface area (TPSA) is 41.6 Å². The van der Waals surface area contributed by atoms with Gasteiger partial charge in [-0.05, 0) is 72.6 Å². The first-order valence-electron chi connectivity index (χ1n) is 9.04. The van der Waals surface area contributed by atoms with E-state index in [0.717, 1.165) is 6.54 Å². The van der Waals surface area contributed by atoms with E-state index in [2.05, 4.69) is 39.9 Å². The summed E-state index contributed by atoms with van der Waals surface area (Å²) in [5.74, 6) is 0. The molecule has 1 aliphatic carbocycles. The first-order chi connectivity index (χ1) is 10.3. The van der Waals surface area contributed by atoms with Crippen LogP contribution < -0.4 is 5.32 Å². The van der Waals surface area contributed by atoms with Gasteiger partial charge in [0, 0.05) is 24.7 Å². The number of nitrogens with one attached hydrogen (secondary N) is 1. The molecule has 0 spiro atoms. The maximum atomic E-state index is 12.4. The summed E-state index contributed by atoms with van der Waals surface area (Å²) in [5, 5.41) is 3.63. The minimum atomic E-state index is -0.455. The van der Waals surface area contributed by atoms with E-state index in [-0.39, 0.29) is 11.6 Å². The highest BCUT2D eigenvalue weighted by Gasteiger charge is 2.31. The van der Waals surface area contributed by atoms with Gasteiger partial charge in [-0.1, -0.05) is 13.8 Å². The van der Waals surface area contributed by atoms with Crippen LogP contribution in [-0.4, -0.2) is 41.3 Å². The molecule has 0 unspecified atom stereocenters. The number of nitrogens with zero attached hydrogens (tertiary/aromatic N) is 1. The molecule has 0 aromatic carbocycles. The Hall–Kier alpha value is -0.770. The number of carbonyl (C=O) groups excluding carboxylic acids is 1. The Bertz CT molecular complexity index is 381. The summed E-state index contributed by atoms with van der Waals surface area (Å²) in [5.41, 5.74) is -0.201. The molecule has 0 radical (unpaired) electrons. The van der Waals surface area contributed by atoms with Gasteiger partial charge in [-0.15, -0.1) is 0 Å². The van der Waals surface area contributed by atoms with Crippen LogP contribution in [0.5, 0.6) is 0 Å². The molecule has 0 aliphatic heterocycles. The van der Waals surface area contributed by atoms with Crippen molar-refractivity contribution in [2.45, 2.75) is 98.3 Å². The minimum absolute atomic E-state index is 0.225. The molecule has 0 atom stereocenters. The molecular formula is C19H38N2O2. The zero-order valence-electron chi connectivity index (χ0n) is 16.6. The third-order valence-electron chi connectivity index (χ3n) is 4.53. The van der Waals surface area contributed by atoms with E-state index in [1.54, 1.807) is 0 Å². The number of rotatable bonds is 4. The van der Waals surface area contributed by atoms with Gasteiger partial charge in [0.05, 0.1) is 0 Å². The Balaban J connectivity index is 2.48. The summed E-state index contributed by atoms with van der Waals surface area (Å²) in [6, 6.07) is 0.587. The molecule has 1 amide bonds. The molecule has 136 valence electrons. The smallest absolute Gasteiger partial charge is 0.410 e. The summed E-state index contributed by atoms with van der Waals surface area (Å²) >= 11 is 0. The van der Waals surface area contributed by atoms with Crippen molar-refractivity contribution in [2.24, 2.45) is 5.41 Å². The second-order valence-electron chi connectivity index (χ2n) is 9.70. The molecule has 0 aromatic heterocycles. The van der Waals surface area contributed by atoms with Gasteiger partial charge in [0.25, 0.3) is 0 Å². The van der Waals surface area contributed by atoms with E-state index in [1.807, 2.05) is 25.7 Å². The second-order valence-corrected chi connectivity index (χ2v) is 9.70. The molecule has 1 rings (SSSR count). The van der Waals surface area contributed by atoms with Gasteiger partial charge in [-0.3, -0.25) is 0 Å². The third kappa shape index (κ3) is 7.56. The van der Waals surface area contributed by atoms with E-state index < -0.39 is 5.60 Å². The van der Waals surface area contributed by atoms with Crippen molar-refractivity contribution in [3.63, 3.8) is 0 Å². The molecule has 0 saturated heterocycles. The maximum absolute atomic E-state index is 12.4. The largest absolute Gasteiger partial charge is 0.444 e. The SMILES string of the molecule is CC1(C)CCC(NCCN(C(=O)OC(C)(C)C)C(C)(C)C)CC1. The van der Waals surface area contributed by atoms with Crippen LogP contribution in [0.4, 0.5) is 4.79 Å². The van der Waals surface area contributed by atoms with Gasteiger partial charge in [0.1, 0.15) is 5.60 Å². The summed E-state index contributed by atoms with van der Waals surface area (Å²) < 4.78 is 5.56. The van der Waals surface area contributed by atoms with Crippen molar-refractivity contribution in [3.05, 3.63) is 0 Å². The number of ether oxygens (including phenoxy) is 1. The van der Waals surface area contributed by atoms with E-state index in [9.17, 15) is 4.79 Å². The lowest BCUT2D eigenvalue weighted by molar-refractivity contribution is 0.00632. The predicted molar refractivity (Wildman–Crippen MR) is 96.7 cm³/mol. The highest BCUT2D eigenvalue weighted by molar-refractivity contribution is 5.69. The molecule has 23 heavy (non-hydrogen) atoms. The third-order valence-corrected chi connectivity index (χ3v) is 4.53. The summed E-state index contributed by atoms with van der Waals surface area (Å²) in [6.45, 7) is 18.1. The lowest BCUT2D eigenvalue weighted by Gasteiger charge is -2.38. The van der Waals surface area contributed by atoms with Crippen LogP contribution in [0.3, 0.4) is 0 Å². The maximum Gasteiger partial charge on any atom is 0.410 e. The molecule has 1 saturated carbocycles. The van der Waals surface area contributed by atoms with Crippen LogP contribution in [0.2, 0.25) is 0 Å². The van der Waals surface area contributed by atoms with Crippen molar-refractivity contribution in [3.8, 4) is 0 Å². The van der Waals surface area contributed by atoms with Crippen LogP contribution in [0.25, 0.3) is 0 Å². The van der Waals surface area contributed by atoms with Gasteiger partial charge in [0.15, 0.2) is 0 Å². The van der Waals surface area contributed by atoms with Crippen LogP contribution in [0, 0.1) is 5.41 Å². The summed E-state index contributed by atoms with van der Waals surface area (Å²) in [6.07, 6.45) is 4.79. The van der Waals surface area contributed by atoms with E-state index >= 15 is 0 Å². The fourth-order valence-electron chi connectivity index (χ4n) is 3.00. The Morgan fingerprint density at radius 3 is 2.09 bits per heavy atom. The summed E-state index contributed by atoms with van der Waals surface area (Å²) in [4.78, 5) is 14.3. The molecule has 4 heteroatoms. The van der Waals surface area contributed by atoms with Gasteiger partial charge < -0.3 is 15.0 Å². The van der Waals surface area contributed by atoms with Crippen molar-refractivity contribution in [1.29, 1.82) is 0 Å². The number of hydrogen-bond donors (Lipinski definition) is 1. The number of carbonyl (C=O) groups is 1. The van der Waals surface area contributed by atoms with Crippen molar-refractivity contribution < 1.29 is 9.53 Å². The monoisotopic (exact) mass is 326 g/mol. The molecule has 1 aliphatic rings. The Labute approximate surface area is 143 Å². The first kappa shape index (κ1) is 20.3. The lowest BCUT2D eigenvalue weighted by atomic mass is 9.75. The average molecular weight is 327 g/mol. The molecule has 1 fully saturated rings. The lowest BCUT2D eigenvalue weighted by Crippen LogP contribution is -2.51. The number of amides is 1. The molecule has 0 bridgehead atoms. The number of hydrogen-bond acceptors (Lipinski definition) is 3. The molecular weight excluding hydrogens is 288 g/mol. The molecule has 0 aromatic rings. The molecule has 4 nitrogen and oxygen atoms in total. The van der Waals surface area contributed by atoms with E-state index in [4.69, 9.17) is 4.74 Å². The van der Waals surface area contributed by atoms with Crippen LogP contribution in [-0.2, 0) is 4.74 Å². The van der Waals surface area contributed by atoms with Crippen LogP contribution in [0.1, 0.15) is 81.1 Å².